The summed E-state index contributed by atoms with van der Waals surface area (Å²) >= 11 is 0. The van der Waals surface area contributed by atoms with Gasteiger partial charge in [0.2, 0.25) is 0 Å². The zero-order chi connectivity index (χ0) is 22.6. The molecule has 2 aliphatic rings. The zero-order valence-corrected chi connectivity index (χ0v) is 17.9. The fraction of sp³-hybridized carbons (Fsp3) is 0.333. The summed E-state index contributed by atoms with van der Waals surface area (Å²) in [5, 5.41) is 8.60. The number of oxazole rings is 1. The monoisotopic (exact) mass is 436 g/mol. The molecule has 1 amide bonds. The van der Waals surface area contributed by atoms with Crippen molar-refractivity contribution in [3.05, 3.63) is 77.2 Å². The summed E-state index contributed by atoms with van der Waals surface area (Å²) in [6.45, 7) is 8.82. The van der Waals surface area contributed by atoms with Crippen molar-refractivity contribution in [3.63, 3.8) is 0 Å². The molecule has 3 aromatic rings. The molecule has 2 bridgehead atoms. The van der Waals surface area contributed by atoms with Crippen molar-refractivity contribution in [1.82, 2.24) is 20.1 Å². The third-order valence-electron chi connectivity index (χ3n) is 6.70. The van der Waals surface area contributed by atoms with Gasteiger partial charge in [0.1, 0.15) is 17.9 Å². The average molecular weight is 436 g/mol. The number of hydrogen-bond acceptors (Lipinski definition) is 5. The van der Waals surface area contributed by atoms with Crippen LogP contribution in [0.15, 0.2) is 47.1 Å². The molecule has 2 atom stereocenters. The molecule has 0 N–H and O–H groups in total. The number of aryl methyl sites for hydroxylation is 1. The molecule has 0 saturated heterocycles. The number of amides is 1. The predicted octanol–water partition coefficient (Wildman–Crippen LogP) is 4.57. The lowest BCUT2D eigenvalue weighted by molar-refractivity contribution is 0.0693. The highest BCUT2D eigenvalue weighted by atomic mass is 19.1. The Labute approximate surface area is 184 Å². The second-order valence-electron chi connectivity index (χ2n) is 8.44. The van der Waals surface area contributed by atoms with Crippen molar-refractivity contribution in [2.24, 2.45) is 0 Å². The van der Waals surface area contributed by atoms with Gasteiger partial charge in [0.05, 0.1) is 28.1 Å². The van der Waals surface area contributed by atoms with Gasteiger partial charge >= 0.3 is 5.91 Å². The molecule has 32 heavy (non-hydrogen) atoms. The molecule has 0 radical (unpaired) electrons. The third-order valence-corrected chi connectivity index (χ3v) is 6.70. The number of hydrogen-bond donors (Lipinski definition) is 0. The molecule has 0 spiro atoms. The normalized spacial score (nSPS) is 21.1. The van der Waals surface area contributed by atoms with E-state index in [9.17, 15) is 13.6 Å². The Morgan fingerprint density at radius 1 is 1.31 bits per heavy atom. The van der Waals surface area contributed by atoms with Crippen LogP contribution in [0.3, 0.4) is 0 Å². The minimum atomic E-state index is -0.681. The smallest absolute Gasteiger partial charge is 0.309 e. The van der Waals surface area contributed by atoms with Crippen molar-refractivity contribution in [1.29, 1.82) is 0 Å². The van der Waals surface area contributed by atoms with Crippen LogP contribution in [0.4, 0.5) is 8.78 Å². The standard InChI is InChI=1S/C24H22F2N4O2/c1-4-30(23(31)22-27-13(2)11-32-22)12-24-9-8-15(14(24)3)16-10-19(28-29-21(16)24)20-17(25)6-5-7-18(20)26/h5-7,10-11,15H,3-4,8-9,12H2,1-2H3/t15-,24-/m1/s1. The van der Waals surface area contributed by atoms with E-state index < -0.39 is 17.0 Å². The largest absolute Gasteiger partial charge is 0.441 e. The molecule has 2 aromatic heterocycles. The maximum absolute atomic E-state index is 14.3. The van der Waals surface area contributed by atoms with Crippen LogP contribution >= 0.6 is 0 Å². The lowest BCUT2D eigenvalue weighted by atomic mass is 9.80. The van der Waals surface area contributed by atoms with Gasteiger partial charge in [0, 0.05) is 19.0 Å². The number of nitrogens with zero attached hydrogens (tertiary/aromatic N) is 4. The maximum atomic E-state index is 14.3. The van der Waals surface area contributed by atoms with Crippen LogP contribution in [0.5, 0.6) is 0 Å². The number of halogens is 2. The summed E-state index contributed by atoms with van der Waals surface area (Å²) in [5.74, 6) is -1.58. The van der Waals surface area contributed by atoms with Gasteiger partial charge in [-0.05, 0) is 50.5 Å². The second-order valence-corrected chi connectivity index (χ2v) is 8.44. The number of aromatic nitrogens is 3. The Kier molecular flexibility index (Phi) is 4.69. The van der Waals surface area contributed by atoms with Gasteiger partial charge in [-0.2, -0.15) is 5.10 Å². The Hall–Kier alpha value is -3.42. The topological polar surface area (TPSA) is 72.1 Å². The first kappa shape index (κ1) is 20.5. The van der Waals surface area contributed by atoms with Crippen LogP contribution in [-0.4, -0.2) is 39.1 Å². The molecule has 1 saturated carbocycles. The van der Waals surface area contributed by atoms with Crippen LogP contribution < -0.4 is 0 Å². The van der Waals surface area contributed by atoms with Gasteiger partial charge in [-0.1, -0.05) is 18.2 Å². The van der Waals surface area contributed by atoms with E-state index in [1.54, 1.807) is 17.9 Å². The molecular weight excluding hydrogens is 414 g/mol. The van der Waals surface area contributed by atoms with Crippen LogP contribution in [0.25, 0.3) is 11.3 Å². The highest BCUT2D eigenvalue weighted by Gasteiger charge is 2.55. The lowest BCUT2D eigenvalue weighted by Gasteiger charge is -2.33. The van der Waals surface area contributed by atoms with E-state index in [1.807, 2.05) is 6.92 Å². The van der Waals surface area contributed by atoms with Gasteiger partial charge in [-0.25, -0.2) is 13.8 Å². The fourth-order valence-electron chi connectivity index (χ4n) is 5.08. The predicted molar refractivity (Wildman–Crippen MR) is 113 cm³/mol. The van der Waals surface area contributed by atoms with Crippen LogP contribution in [0, 0.1) is 18.6 Å². The van der Waals surface area contributed by atoms with Crippen molar-refractivity contribution < 1.29 is 18.0 Å². The van der Waals surface area contributed by atoms with Crippen molar-refractivity contribution in [2.45, 2.75) is 38.0 Å². The lowest BCUT2D eigenvalue weighted by Crippen LogP contribution is -2.43. The van der Waals surface area contributed by atoms with Crippen LogP contribution in [0.1, 0.15) is 53.3 Å². The van der Waals surface area contributed by atoms with E-state index in [0.29, 0.717) is 18.8 Å². The van der Waals surface area contributed by atoms with E-state index in [0.717, 1.165) is 29.7 Å². The molecule has 0 aliphatic heterocycles. The maximum Gasteiger partial charge on any atom is 0.309 e. The van der Waals surface area contributed by atoms with Gasteiger partial charge < -0.3 is 9.32 Å². The summed E-state index contributed by atoms with van der Waals surface area (Å²) < 4.78 is 33.9. The molecule has 2 aliphatic carbocycles. The van der Waals surface area contributed by atoms with E-state index in [-0.39, 0.29) is 29.0 Å². The number of carbonyl (C=O) groups excluding carboxylic acids is 1. The first-order valence-corrected chi connectivity index (χ1v) is 10.6. The average Bonchev–Trinajstić information content (AvgIpc) is 3.41. The third kappa shape index (κ3) is 2.89. The van der Waals surface area contributed by atoms with Crippen LogP contribution in [-0.2, 0) is 5.41 Å². The zero-order valence-electron chi connectivity index (χ0n) is 17.9. The van der Waals surface area contributed by atoms with Gasteiger partial charge in [-0.3, -0.25) is 4.79 Å². The Bertz CT molecular complexity index is 1230. The van der Waals surface area contributed by atoms with Gasteiger partial charge in [0.15, 0.2) is 0 Å². The molecule has 0 unspecified atom stereocenters. The van der Waals surface area contributed by atoms with E-state index in [2.05, 4.69) is 21.8 Å². The van der Waals surface area contributed by atoms with Crippen molar-refractivity contribution in [3.8, 4) is 11.3 Å². The molecule has 164 valence electrons. The number of rotatable bonds is 5. The first-order chi connectivity index (χ1) is 15.4. The molecule has 5 rings (SSSR count). The minimum Gasteiger partial charge on any atom is -0.441 e. The number of fused-ring (bicyclic) bond motifs is 5. The highest BCUT2D eigenvalue weighted by molar-refractivity contribution is 5.90. The molecule has 8 heteroatoms. The number of benzene rings is 1. The molecule has 1 aromatic carbocycles. The summed E-state index contributed by atoms with van der Waals surface area (Å²) in [6, 6.07) is 5.44. The molecule has 2 heterocycles. The molecule has 6 nitrogen and oxygen atoms in total. The number of likely N-dealkylation sites (N-methyl/N-ethyl adjacent to an activating group) is 1. The van der Waals surface area contributed by atoms with Crippen molar-refractivity contribution in [2.75, 3.05) is 13.1 Å². The molecule has 1 fully saturated rings. The van der Waals surface area contributed by atoms with Gasteiger partial charge in [0.25, 0.3) is 5.89 Å². The summed E-state index contributed by atoms with van der Waals surface area (Å²) in [6.07, 6.45) is 3.06. The van der Waals surface area contributed by atoms with Gasteiger partial charge in [-0.15, -0.1) is 5.10 Å². The van der Waals surface area contributed by atoms with E-state index >= 15 is 0 Å². The Balaban J connectivity index is 1.53. The quantitative estimate of drug-likeness (QED) is 0.548. The molecular formula is C24H22F2N4O2. The Morgan fingerprint density at radius 3 is 2.72 bits per heavy atom. The summed E-state index contributed by atoms with van der Waals surface area (Å²) in [4.78, 5) is 18.8. The highest BCUT2D eigenvalue weighted by Crippen LogP contribution is 2.60. The number of carbonyl (C=O) groups is 1. The Morgan fingerprint density at radius 2 is 2.06 bits per heavy atom. The summed E-state index contributed by atoms with van der Waals surface area (Å²) in [5.41, 5.74) is 2.63. The van der Waals surface area contributed by atoms with E-state index in [4.69, 9.17) is 4.42 Å². The minimum absolute atomic E-state index is 0.0203. The van der Waals surface area contributed by atoms with Crippen molar-refractivity contribution >= 4 is 5.91 Å². The van der Waals surface area contributed by atoms with E-state index in [1.165, 1.54) is 24.5 Å². The first-order valence-electron chi connectivity index (χ1n) is 10.6. The van der Waals surface area contributed by atoms with Crippen LogP contribution in [0.2, 0.25) is 0 Å². The SMILES string of the molecule is C=C1[C@H]2CC[C@]1(CN(CC)C(=O)c1nc(C)co1)c1nnc(-c3c(F)cccc3F)cc12. The summed E-state index contributed by atoms with van der Waals surface area (Å²) in [7, 11) is 0. The second kappa shape index (κ2) is 7.32. The fourth-order valence-corrected chi connectivity index (χ4v) is 5.08.